The summed E-state index contributed by atoms with van der Waals surface area (Å²) < 4.78 is 26.6. The minimum absolute atomic E-state index is 0.0136. The van der Waals surface area contributed by atoms with Crippen molar-refractivity contribution in [2.45, 2.75) is 17.2 Å². The van der Waals surface area contributed by atoms with Crippen LogP contribution in [0.3, 0.4) is 0 Å². The summed E-state index contributed by atoms with van der Waals surface area (Å²) in [7, 11) is 0. The van der Waals surface area contributed by atoms with E-state index in [1.54, 1.807) is 12.1 Å². The molecule has 1 aliphatic carbocycles. The van der Waals surface area contributed by atoms with Crippen LogP contribution in [-0.4, -0.2) is 22.1 Å². The Balaban J connectivity index is 1.55. The van der Waals surface area contributed by atoms with Crippen molar-refractivity contribution < 1.29 is 23.2 Å². The molecule has 3 N–H and O–H groups in total. The van der Waals surface area contributed by atoms with Gasteiger partial charge in [-0.15, -0.1) is 23.2 Å². The summed E-state index contributed by atoms with van der Waals surface area (Å²) >= 11 is 31.1. The van der Waals surface area contributed by atoms with Crippen molar-refractivity contribution in [3.8, 4) is 0 Å². The van der Waals surface area contributed by atoms with E-state index in [0.29, 0.717) is 21.7 Å². The molecule has 3 aromatic carbocycles. The zero-order chi connectivity index (χ0) is 27.9. The van der Waals surface area contributed by atoms with Gasteiger partial charge in [0.25, 0.3) is 5.91 Å². The van der Waals surface area contributed by atoms with Crippen molar-refractivity contribution in [3.05, 3.63) is 86.4 Å². The average molecular weight is 622 g/mol. The average Bonchev–Trinajstić information content (AvgIpc) is 3.38. The predicted octanol–water partition coefficient (Wildman–Crippen LogP) is 7.66. The lowest BCUT2D eigenvalue weighted by atomic mass is 10.1. The Morgan fingerprint density at radius 3 is 2.16 bits per heavy atom. The summed E-state index contributed by atoms with van der Waals surface area (Å²) in [5.41, 5.74) is -0.116. The van der Waals surface area contributed by atoms with Crippen molar-refractivity contribution in [2.24, 2.45) is 5.92 Å². The number of benzene rings is 3. The molecule has 1 saturated carbocycles. The molecule has 0 heterocycles. The number of alkyl halides is 2. The van der Waals surface area contributed by atoms with Crippen LogP contribution in [0.25, 0.3) is 0 Å². The van der Waals surface area contributed by atoms with E-state index in [9.17, 15) is 23.2 Å². The standard InChI is InChI=1S/C25H16Cl5F2N3O3/c1-10(36)33-22-18(32)7-14(31)8-19(22)35-23(37)16-9-15(2-3-17(16)28)34-24(38)21-20(25(21,29)30)11-4-12(26)6-13(27)5-11/h2-9,20-21H,1H3,(H,33,36)(H,34,38)(H,35,37)/t20-,21+/m0/s1. The minimum Gasteiger partial charge on any atom is -0.326 e. The van der Waals surface area contributed by atoms with Gasteiger partial charge in [0.15, 0.2) is 5.82 Å². The fourth-order valence-corrected chi connectivity index (χ4v) is 5.56. The molecular weight excluding hydrogens is 606 g/mol. The predicted molar refractivity (Wildman–Crippen MR) is 146 cm³/mol. The second-order valence-electron chi connectivity index (χ2n) is 8.46. The van der Waals surface area contributed by atoms with E-state index in [2.05, 4.69) is 16.0 Å². The third kappa shape index (κ3) is 6.00. The third-order valence-electron chi connectivity index (χ3n) is 5.66. The molecule has 0 radical (unpaired) electrons. The molecule has 13 heteroatoms. The number of anilines is 3. The molecule has 2 atom stereocenters. The lowest BCUT2D eigenvalue weighted by Gasteiger charge is -2.14. The molecule has 3 amide bonds. The highest BCUT2D eigenvalue weighted by molar-refractivity contribution is 6.53. The monoisotopic (exact) mass is 619 g/mol. The van der Waals surface area contributed by atoms with E-state index in [1.807, 2.05) is 0 Å². The molecule has 0 unspecified atom stereocenters. The summed E-state index contributed by atoms with van der Waals surface area (Å²) in [5.74, 6) is -5.55. The maximum absolute atomic E-state index is 14.2. The second kappa shape index (κ2) is 10.9. The van der Waals surface area contributed by atoms with E-state index >= 15 is 0 Å². The first-order valence-corrected chi connectivity index (χ1v) is 12.7. The number of halogens is 7. The van der Waals surface area contributed by atoms with Gasteiger partial charge in [-0.05, 0) is 48.0 Å². The Hall–Kier alpha value is -2.62. The van der Waals surface area contributed by atoms with Crippen LogP contribution in [0.1, 0.15) is 28.8 Å². The Bertz CT molecular complexity index is 1460. The molecule has 0 bridgehead atoms. The molecule has 0 spiro atoms. The van der Waals surface area contributed by atoms with Crippen LogP contribution in [0.4, 0.5) is 25.8 Å². The second-order valence-corrected chi connectivity index (χ2v) is 11.2. The maximum Gasteiger partial charge on any atom is 0.257 e. The summed E-state index contributed by atoms with van der Waals surface area (Å²) in [6.45, 7) is 1.12. The fraction of sp³-hybridized carbons (Fsp3) is 0.160. The molecule has 198 valence electrons. The SMILES string of the molecule is CC(=O)Nc1c(F)cc(F)cc1NC(=O)c1cc(NC(=O)[C@H]2[C@H](c3cc(Cl)cc(Cl)c3)C2(Cl)Cl)ccc1Cl. The number of amides is 3. The Morgan fingerprint density at radius 2 is 1.53 bits per heavy atom. The smallest absolute Gasteiger partial charge is 0.257 e. The van der Waals surface area contributed by atoms with Crippen LogP contribution in [0.5, 0.6) is 0 Å². The van der Waals surface area contributed by atoms with Gasteiger partial charge in [-0.3, -0.25) is 14.4 Å². The highest BCUT2D eigenvalue weighted by Gasteiger charge is 2.67. The molecule has 38 heavy (non-hydrogen) atoms. The fourth-order valence-electron chi connectivity index (χ4n) is 3.98. The quantitative estimate of drug-likeness (QED) is 0.247. The van der Waals surface area contributed by atoms with Crippen molar-refractivity contribution in [3.63, 3.8) is 0 Å². The summed E-state index contributed by atoms with van der Waals surface area (Å²) in [6, 6.07) is 10.2. The van der Waals surface area contributed by atoms with Crippen LogP contribution < -0.4 is 16.0 Å². The van der Waals surface area contributed by atoms with E-state index in [-0.39, 0.29) is 22.0 Å². The molecule has 3 aromatic rings. The van der Waals surface area contributed by atoms with Gasteiger partial charge in [-0.1, -0.05) is 34.8 Å². The van der Waals surface area contributed by atoms with Gasteiger partial charge in [0.2, 0.25) is 11.8 Å². The Morgan fingerprint density at radius 1 is 0.868 bits per heavy atom. The molecule has 1 fully saturated rings. The van der Waals surface area contributed by atoms with Crippen LogP contribution in [-0.2, 0) is 9.59 Å². The number of hydrogen-bond donors (Lipinski definition) is 3. The molecule has 1 aliphatic rings. The Labute approximate surface area is 240 Å². The number of carbonyl (C=O) groups is 3. The lowest BCUT2D eigenvalue weighted by molar-refractivity contribution is -0.117. The van der Waals surface area contributed by atoms with Crippen LogP contribution >= 0.6 is 58.0 Å². The normalized spacial score (nSPS) is 17.5. The Kier molecular flexibility index (Phi) is 8.12. The van der Waals surface area contributed by atoms with Crippen LogP contribution in [0.2, 0.25) is 15.1 Å². The first-order chi connectivity index (χ1) is 17.8. The van der Waals surface area contributed by atoms with Crippen molar-refractivity contribution in [1.29, 1.82) is 0 Å². The van der Waals surface area contributed by atoms with Gasteiger partial charge < -0.3 is 16.0 Å². The van der Waals surface area contributed by atoms with Gasteiger partial charge >= 0.3 is 0 Å². The highest BCUT2D eigenvalue weighted by atomic mass is 35.5. The van der Waals surface area contributed by atoms with Gasteiger partial charge in [-0.2, -0.15) is 0 Å². The van der Waals surface area contributed by atoms with Gasteiger partial charge in [0.1, 0.15) is 15.8 Å². The number of carbonyl (C=O) groups excluding carboxylic acids is 3. The number of nitrogens with one attached hydrogen (secondary N) is 3. The van der Waals surface area contributed by atoms with Gasteiger partial charge in [0, 0.05) is 34.6 Å². The van der Waals surface area contributed by atoms with Crippen molar-refractivity contribution >= 4 is 92.8 Å². The molecule has 6 nitrogen and oxygen atoms in total. The molecule has 0 aliphatic heterocycles. The molecule has 4 rings (SSSR count). The summed E-state index contributed by atoms with van der Waals surface area (Å²) in [5, 5.41) is 7.87. The van der Waals surface area contributed by atoms with Crippen molar-refractivity contribution in [1.82, 2.24) is 0 Å². The van der Waals surface area contributed by atoms with E-state index < -0.39 is 51.2 Å². The topological polar surface area (TPSA) is 87.3 Å². The lowest BCUT2D eigenvalue weighted by Crippen LogP contribution is -2.19. The molecule has 0 aromatic heterocycles. The number of hydrogen-bond acceptors (Lipinski definition) is 3. The van der Waals surface area contributed by atoms with Gasteiger partial charge in [0.05, 0.1) is 22.2 Å². The van der Waals surface area contributed by atoms with Crippen LogP contribution in [0, 0.1) is 17.6 Å². The van der Waals surface area contributed by atoms with E-state index in [0.717, 1.165) is 13.0 Å². The molecule has 0 saturated heterocycles. The first kappa shape index (κ1) is 28.4. The molecular formula is C25H16Cl5F2N3O3. The third-order valence-corrected chi connectivity index (χ3v) is 7.37. The van der Waals surface area contributed by atoms with E-state index in [1.165, 1.54) is 24.3 Å². The summed E-state index contributed by atoms with van der Waals surface area (Å²) in [4.78, 5) is 37.4. The maximum atomic E-state index is 14.2. The van der Waals surface area contributed by atoms with E-state index in [4.69, 9.17) is 58.0 Å². The largest absolute Gasteiger partial charge is 0.326 e. The van der Waals surface area contributed by atoms with Crippen LogP contribution in [0.15, 0.2) is 48.5 Å². The minimum atomic E-state index is -1.42. The first-order valence-electron chi connectivity index (χ1n) is 10.8. The zero-order valence-electron chi connectivity index (χ0n) is 19.1. The van der Waals surface area contributed by atoms with Gasteiger partial charge in [-0.25, -0.2) is 8.78 Å². The zero-order valence-corrected chi connectivity index (χ0v) is 22.9. The summed E-state index contributed by atoms with van der Waals surface area (Å²) in [6.07, 6.45) is 0. The number of rotatable bonds is 6. The van der Waals surface area contributed by atoms with Crippen molar-refractivity contribution in [2.75, 3.05) is 16.0 Å². The highest BCUT2D eigenvalue weighted by Crippen LogP contribution is 2.65.